The summed E-state index contributed by atoms with van der Waals surface area (Å²) in [6.07, 6.45) is 5.79. The van der Waals surface area contributed by atoms with E-state index < -0.39 is 24.4 Å². The van der Waals surface area contributed by atoms with Crippen LogP contribution in [0.25, 0.3) is 0 Å². The van der Waals surface area contributed by atoms with Crippen molar-refractivity contribution in [2.75, 3.05) is 20.8 Å². The molecule has 3 rings (SSSR count). The monoisotopic (exact) mass is 479 g/mol. The van der Waals surface area contributed by atoms with Crippen LogP contribution in [0.3, 0.4) is 0 Å². The highest BCUT2D eigenvalue weighted by atomic mass is 32.2. The quantitative estimate of drug-likeness (QED) is 0.652. The average molecular weight is 480 g/mol. The molecular formula is C25H37NO6S. The van der Waals surface area contributed by atoms with Gasteiger partial charge in [-0.25, -0.2) is 0 Å². The Morgan fingerprint density at radius 3 is 2.18 bits per heavy atom. The molecule has 8 heteroatoms. The minimum absolute atomic E-state index is 0.00846. The van der Waals surface area contributed by atoms with Crippen molar-refractivity contribution in [3.8, 4) is 0 Å². The van der Waals surface area contributed by atoms with E-state index in [0.717, 1.165) is 49.8 Å². The molecule has 1 amide bonds. The number of ether oxygens (including phenoxy) is 4. The van der Waals surface area contributed by atoms with Crippen molar-refractivity contribution in [3.63, 3.8) is 0 Å². The van der Waals surface area contributed by atoms with Crippen molar-refractivity contribution in [1.82, 2.24) is 5.32 Å². The van der Waals surface area contributed by atoms with Crippen LogP contribution in [-0.2, 0) is 28.5 Å². The third-order valence-corrected chi connectivity index (χ3v) is 7.34. The maximum atomic E-state index is 12.7. The Bertz CT molecular complexity index is 733. The van der Waals surface area contributed by atoms with Gasteiger partial charge in [0.2, 0.25) is 5.91 Å². The first-order valence-corrected chi connectivity index (χ1v) is 12.9. The smallest absolute Gasteiger partial charge is 0.306 e. The number of rotatable bonds is 4. The van der Waals surface area contributed by atoms with Crippen LogP contribution in [0.1, 0.15) is 57.8 Å². The normalized spacial score (nSPS) is 30.7. The van der Waals surface area contributed by atoms with Crippen LogP contribution in [-0.4, -0.2) is 62.5 Å². The van der Waals surface area contributed by atoms with E-state index in [0.29, 0.717) is 12.8 Å². The lowest BCUT2D eigenvalue weighted by atomic mass is 9.98. The molecule has 1 N–H and O–H groups in total. The van der Waals surface area contributed by atoms with E-state index in [1.165, 1.54) is 11.8 Å². The molecule has 0 saturated carbocycles. The van der Waals surface area contributed by atoms with E-state index in [9.17, 15) is 9.59 Å². The summed E-state index contributed by atoms with van der Waals surface area (Å²) in [6, 6.07) is 9.92. The maximum Gasteiger partial charge on any atom is 0.306 e. The van der Waals surface area contributed by atoms with E-state index >= 15 is 0 Å². The lowest BCUT2D eigenvalue weighted by Crippen LogP contribution is -2.61. The molecule has 33 heavy (non-hydrogen) atoms. The average Bonchev–Trinajstić information content (AvgIpc) is 2.82. The van der Waals surface area contributed by atoms with Gasteiger partial charge in [-0.1, -0.05) is 62.1 Å². The first-order chi connectivity index (χ1) is 16.1. The Hall–Kier alpha value is -1.61. The van der Waals surface area contributed by atoms with Crippen LogP contribution < -0.4 is 5.32 Å². The number of benzene rings is 1. The highest BCUT2D eigenvalue weighted by Gasteiger charge is 2.49. The Balaban J connectivity index is 1.78. The van der Waals surface area contributed by atoms with Crippen LogP contribution in [0.4, 0.5) is 0 Å². The molecule has 2 aliphatic heterocycles. The lowest BCUT2D eigenvalue weighted by Gasteiger charge is -2.44. The summed E-state index contributed by atoms with van der Waals surface area (Å²) in [6.45, 7) is 0.249. The molecule has 2 aliphatic rings. The molecule has 5 atom stereocenters. The van der Waals surface area contributed by atoms with Crippen molar-refractivity contribution < 1.29 is 28.5 Å². The standard InChI is InChI=1S/C25H37NO6S/c1-29-23-22-19(31-25(24(23)30-2)33-18-13-9-8-10-14-18)17-26-20(27)15-11-6-4-3-5-7-12-16-21(28)32-22/h8-10,13-14,19,22-25H,3-7,11-12,15-17H2,1-2H3,(H,26,27)/t19-,22-,23+,24-,25+/m1/s1. The van der Waals surface area contributed by atoms with Crippen molar-refractivity contribution in [1.29, 1.82) is 0 Å². The second kappa shape index (κ2) is 13.9. The number of thioether (sulfide) groups is 1. The zero-order chi connectivity index (χ0) is 23.5. The second-order valence-corrected chi connectivity index (χ2v) is 9.78. The Morgan fingerprint density at radius 1 is 0.879 bits per heavy atom. The van der Waals surface area contributed by atoms with Crippen molar-refractivity contribution >= 4 is 23.6 Å². The highest BCUT2D eigenvalue weighted by molar-refractivity contribution is 7.99. The predicted molar refractivity (Wildman–Crippen MR) is 127 cm³/mol. The molecule has 2 fully saturated rings. The number of hydrogen-bond donors (Lipinski definition) is 1. The molecule has 1 aromatic carbocycles. The number of methoxy groups -OCH3 is 2. The number of nitrogens with one attached hydrogen (secondary N) is 1. The summed E-state index contributed by atoms with van der Waals surface area (Å²) in [5, 5.41) is 2.98. The van der Waals surface area contributed by atoms with E-state index in [1.54, 1.807) is 14.2 Å². The number of carbonyl (C=O) groups is 2. The fourth-order valence-electron chi connectivity index (χ4n) is 4.38. The minimum atomic E-state index is -0.673. The molecule has 184 valence electrons. The summed E-state index contributed by atoms with van der Waals surface area (Å²) < 4.78 is 23.9. The number of hydrogen-bond acceptors (Lipinski definition) is 7. The molecule has 1 aromatic rings. The van der Waals surface area contributed by atoms with E-state index in [-0.39, 0.29) is 23.9 Å². The third-order valence-electron chi connectivity index (χ3n) is 6.18. The Morgan fingerprint density at radius 2 is 1.52 bits per heavy atom. The maximum absolute atomic E-state index is 12.7. The van der Waals surface area contributed by atoms with Gasteiger partial charge in [-0.2, -0.15) is 0 Å². The molecule has 2 heterocycles. The minimum Gasteiger partial charge on any atom is -0.457 e. The molecule has 0 aromatic heterocycles. The lowest BCUT2D eigenvalue weighted by molar-refractivity contribution is -0.225. The zero-order valence-electron chi connectivity index (χ0n) is 19.7. The van der Waals surface area contributed by atoms with Crippen LogP contribution in [0.15, 0.2) is 35.2 Å². The Kier molecular flexibility index (Phi) is 11.0. The summed E-state index contributed by atoms with van der Waals surface area (Å²) >= 11 is 1.53. The predicted octanol–water partition coefficient (Wildman–Crippen LogP) is 4.09. The molecule has 0 aliphatic carbocycles. The van der Waals surface area contributed by atoms with E-state index in [1.807, 2.05) is 30.3 Å². The summed E-state index contributed by atoms with van der Waals surface area (Å²) in [5.41, 5.74) is -0.384. The molecule has 0 radical (unpaired) electrons. The fraction of sp³-hybridized carbons (Fsp3) is 0.680. The van der Waals surface area contributed by atoms with Gasteiger partial charge < -0.3 is 24.3 Å². The number of fused-ring (bicyclic) bond motifs is 1. The highest BCUT2D eigenvalue weighted by Crippen LogP contribution is 2.36. The molecular weight excluding hydrogens is 442 g/mol. The van der Waals surface area contributed by atoms with Gasteiger partial charge in [0.15, 0.2) is 6.10 Å². The van der Waals surface area contributed by atoms with Gasteiger partial charge in [0.05, 0.1) is 0 Å². The van der Waals surface area contributed by atoms with Gasteiger partial charge in [0.25, 0.3) is 0 Å². The Labute approximate surface area is 201 Å². The largest absolute Gasteiger partial charge is 0.457 e. The number of amides is 1. The SMILES string of the molecule is CO[C@@H]1[C@@H](OC)[C@H](Sc2ccccc2)O[C@@H]2CNC(=O)CCCCCCCCCC(=O)O[C@@H]12. The van der Waals surface area contributed by atoms with Crippen LogP contribution in [0.5, 0.6) is 0 Å². The van der Waals surface area contributed by atoms with Gasteiger partial charge in [0.1, 0.15) is 23.7 Å². The third kappa shape index (κ3) is 7.98. The van der Waals surface area contributed by atoms with Gasteiger partial charge >= 0.3 is 5.97 Å². The topological polar surface area (TPSA) is 83.1 Å². The summed E-state index contributed by atoms with van der Waals surface area (Å²) in [7, 11) is 3.20. The number of esters is 1. The van der Waals surface area contributed by atoms with Crippen LogP contribution >= 0.6 is 11.8 Å². The molecule has 0 spiro atoms. The zero-order valence-corrected chi connectivity index (χ0v) is 20.5. The van der Waals surface area contributed by atoms with Crippen molar-refractivity contribution in [3.05, 3.63) is 30.3 Å². The molecule has 0 unspecified atom stereocenters. The summed E-state index contributed by atoms with van der Waals surface area (Å²) in [5.74, 6) is -0.274. The van der Waals surface area contributed by atoms with Crippen LogP contribution in [0.2, 0.25) is 0 Å². The van der Waals surface area contributed by atoms with Gasteiger partial charge in [-0.15, -0.1) is 0 Å². The summed E-state index contributed by atoms with van der Waals surface area (Å²) in [4.78, 5) is 26.1. The number of carbonyl (C=O) groups excluding carboxylic acids is 2. The first-order valence-electron chi connectivity index (χ1n) is 12.0. The van der Waals surface area contributed by atoms with E-state index in [2.05, 4.69) is 5.32 Å². The van der Waals surface area contributed by atoms with Crippen molar-refractivity contribution in [2.45, 2.75) is 92.5 Å². The molecule has 7 nitrogen and oxygen atoms in total. The van der Waals surface area contributed by atoms with Gasteiger partial charge in [-0.05, 0) is 25.0 Å². The second-order valence-electron chi connectivity index (χ2n) is 8.61. The van der Waals surface area contributed by atoms with Gasteiger partial charge in [-0.3, -0.25) is 9.59 Å². The van der Waals surface area contributed by atoms with E-state index in [4.69, 9.17) is 18.9 Å². The van der Waals surface area contributed by atoms with Crippen molar-refractivity contribution in [2.24, 2.45) is 0 Å². The first kappa shape index (κ1) is 26.0. The van der Waals surface area contributed by atoms with Crippen LogP contribution in [0, 0.1) is 0 Å². The van der Waals surface area contributed by atoms with Gasteiger partial charge in [0, 0.05) is 38.5 Å². The molecule has 2 saturated heterocycles. The molecule has 0 bridgehead atoms. The fourth-order valence-corrected chi connectivity index (χ4v) is 5.56.